The first kappa shape index (κ1) is 17.3. The fraction of sp³-hybridized carbons (Fsp3) is 0.643. The van der Waals surface area contributed by atoms with E-state index >= 15 is 0 Å². The van der Waals surface area contributed by atoms with E-state index in [9.17, 15) is 14.4 Å². The molecule has 0 aliphatic carbocycles. The Morgan fingerprint density at radius 3 is 2.61 bits per heavy atom. The molecule has 8 nitrogen and oxygen atoms in total. The van der Waals surface area contributed by atoms with Crippen LogP contribution in [-0.2, 0) is 14.3 Å². The number of carbonyl (C=O) groups is 3. The number of esters is 1. The zero-order valence-electron chi connectivity index (χ0n) is 13.3. The molecule has 1 aliphatic heterocycles. The van der Waals surface area contributed by atoms with Crippen molar-refractivity contribution < 1.29 is 19.1 Å². The highest BCUT2D eigenvalue weighted by molar-refractivity contribution is 7.07. The summed E-state index contributed by atoms with van der Waals surface area (Å²) in [5.41, 5.74) is 0.571. The molecule has 0 N–H and O–H groups in total. The summed E-state index contributed by atoms with van der Waals surface area (Å²) in [5, 5.41) is 6.75. The minimum atomic E-state index is -0.305. The third kappa shape index (κ3) is 4.25. The van der Waals surface area contributed by atoms with Crippen molar-refractivity contribution >= 4 is 29.3 Å². The Hall–Kier alpha value is -2.03. The molecule has 0 radical (unpaired) electrons. The molecule has 1 aromatic heterocycles. The van der Waals surface area contributed by atoms with Crippen LogP contribution in [0.15, 0.2) is 0 Å². The van der Waals surface area contributed by atoms with Crippen LogP contribution < -0.4 is 0 Å². The van der Waals surface area contributed by atoms with Crippen molar-refractivity contribution in [1.29, 1.82) is 0 Å². The standard InChI is InChI=1S/C14H20N4O4S/c1-3-22-12(20)7-4-6-11(19)17-8-5-9-18(17)14(21)13-10(2)15-16-23-13/h3-9H2,1-2H3. The minimum absolute atomic E-state index is 0.157. The van der Waals surface area contributed by atoms with Crippen LogP contribution in [0.3, 0.4) is 0 Å². The van der Waals surface area contributed by atoms with E-state index in [1.807, 2.05) is 0 Å². The highest BCUT2D eigenvalue weighted by Crippen LogP contribution is 2.20. The summed E-state index contributed by atoms with van der Waals surface area (Å²) in [6, 6.07) is 0. The highest BCUT2D eigenvalue weighted by Gasteiger charge is 2.32. The quantitative estimate of drug-likeness (QED) is 0.722. The van der Waals surface area contributed by atoms with Crippen molar-refractivity contribution in [2.45, 2.75) is 39.5 Å². The van der Waals surface area contributed by atoms with Crippen molar-refractivity contribution in [3.8, 4) is 0 Å². The third-order valence-electron chi connectivity index (χ3n) is 3.48. The van der Waals surface area contributed by atoms with Crippen LogP contribution >= 0.6 is 11.5 Å². The van der Waals surface area contributed by atoms with Crippen LogP contribution in [0.5, 0.6) is 0 Å². The van der Waals surface area contributed by atoms with E-state index in [2.05, 4.69) is 9.59 Å². The van der Waals surface area contributed by atoms with Crippen molar-refractivity contribution in [3.63, 3.8) is 0 Å². The number of aryl methyl sites for hydroxylation is 1. The molecule has 1 aliphatic rings. The Labute approximate surface area is 138 Å². The summed E-state index contributed by atoms with van der Waals surface area (Å²) in [6.07, 6.45) is 1.57. The van der Waals surface area contributed by atoms with Crippen LogP contribution in [-0.4, -0.2) is 57.1 Å². The van der Waals surface area contributed by atoms with Gasteiger partial charge in [-0.15, -0.1) is 5.10 Å². The molecule has 0 bridgehead atoms. The van der Waals surface area contributed by atoms with E-state index in [1.54, 1.807) is 13.8 Å². The maximum atomic E-state index is 12.5. The maximum absolute atomic E-state index is 12.5. The Bertz CT molecular complexity index is 589. The van der Waals surface area contributed by atoms with E-state index in [1.165, 1.54) is 10.0 Å². The van der Waals surface area contributed by atoms with Gasteiger partial charge in [-0.2, -0.15) is 0 Å². The van der Waals surface area contributed by atoms with Crippen molar-refractivity contribution in [1.82, 2.24) is 19.6 Å². The fourth-order valence-corrected chi connectivity index (χ4v) is 2.97. The number of hydrogen-bond donors (Lipinski definition) is 0. The van der Waals surface area contributed by atoms with Crippen LogP contribution in [0.2, 0.25) is 0 Å². The van der Waals surface area contributed by atoms with Crippen molar-refractivity contribution in [2.24, 2.45) is 0 Å². The average molecular weight is 340 g/mol. The minimum Gasteiger partial charge on any atom is -0.466 e. The molecule has 2 rings (SSSR count). The van der Waals surface area contributed by atoms with E-state index in [4.69, 9.17) is 4.74 Å². The Balaban J connectivity index is 1.91. The molecular formula is C14H20N4O4S. The molecule has 1 aromatic rings. The number of hydrogen-bond acceptors (Lipinski definition) is 7. The normalized spacial score (nSPS) is 14.2. The number of nitrogens with zero attached hydrogens (tertiary/aromatic N) is 4. The SMILES string of the molecule is CCOC(=O)CCCC(=O)N1CCCN1C(=O)c1snnc1C. The van der Waals surface area contributed by atoms with Crippen molar-refractivity contribution in [2.75, 3.05) is 19.7 Å². The largest absolute Gasteiger partial charge is 0.466 e. The maximum Gasteiger partial charge on any atom is 0.305 e. The lowest BCUT2D eigenvalue weighted by molar-refractivity contribution is -0.144. The zero-order chi connectivity index (χ0) is 16.8. The molecule has 23 heavy (non-hydrogen) atoms. The van der Waals surface area contributed by atoms with E-state index in [0.29, 0.717) is 36.7 Å². The first-order valence-corrected chi connectivity index (χ1v) is 8.38. The van der Waals surface area contributed by atoms with Gasteiger partial charge in [0.1, 0.15) is 4.88 Å². The van der Waals surface area contributed by atoms with Gasteiger partial charge in [0.2, 0.25) is 5.91 Å². The smallest absolute Gasteiger partial charge is 0.305 e. The van der Waals surface area contributed by atoms with Gasteiger partial charge in [0.25, 0.3) is 5.91 Å². The van der Waals surface area contributed by atoms with Gasteiger partial charge in [0.05, 0.1) is 12.3 Å². The van der Waals surface area contributed by atoms with Crippen LogP contribution in [0.4, 0.5) is 0 Å². The summed E-state index contributed by atoms with van der Waals surface area (Å²) in [7, 11) is 0. The summed E-state index contributed by atoms with van der Waals surface area (Å²) < 4.78 is 8.59. The van der Waals surface area contributed by atoms with Gasteiger partial charge >= 0.3 is 5.97 Å². The van der Waals surface area contributed by atoms with Crippen LogP contribution in [0.1, 0.15) is 48.0 Å². The second-order valence-electron chi connectivity index (χ2n) is 5.14. The Morgan fingerprint density at radius 2 is 1.96 bits per heavy atom. The molecule has 2 amide bonds. The van der Waals surface area contributed by atoms with Crippen molar-refractivity contribution in [3.05, 3.63) is 10.6 Å². The lowest BCUT2D eigenvalue weighted by Crippen LogP contribution is -2.44. The fourth-order valence-electron chi connectivity index (χ4n) is 2.37. The van der Waals surface area contributed by atoms with E-state index in [-0.39, 0.29) is 30.6 Å². The van der Waals surface area contributed by atoms with Gasteiger partial charge < -0.3 is 4.74 Å². The Morgan fingerprint density at radius 1 is 1.22 bits per heavy atom. The summed E-state index contributed by atoms with van der Waals surface area (Å²) in [4.78, 5) is 36.5. The van der Waals surface area contributed by atoms with E-state index < -0.39 is 0 Å². The zero-order valence-corrected chi connectivity index (χ0v) is 14.1. The molecule has 1 fully saturated rings. The second-order valence-corrected chi connectivity index (χ2v) is 5.90. The first-order chi connectivity index (χ1) is 11.0. The first-order valence-electron chi connectivity index (χ1n) is 7.61. The summed E-state index contributed by atoms with van der Waals surface area (Å²) >= 11 is 1.03. The summed E-state index contributed by atoms with van der Waals surface area (Å²) in [5.74, 6) is -0.704. The molecule has 0 saturated carbocycles. The number of amides is 2. The molecular weight excluding hydrogens is 320 g/mol. The molecule has 1 saturated heterocycles. The second kappa shape index (κ2) is 8.00. The third-order valence-corrected chi connectivity index (χ3v) is 4.29. The number of aromatic nitrogens is 2. The number of rotatable bonds is 6. The van der Waals surface area contributed by atoms with E-state index in [0.717, 1.165) is 18.0 Å². The topological polar surface area (TPSA) is 92.7 Å². The van der Waals surface area contributed by atoms with Gasteiger partial charge in [-0.25, -0.2) is 5.01 Å². The molecule has 2 heterocycles. The molecule has 0 spiro atoms. The number of carbonyl (C=O) groups excluding carboxylic acids is 3. The van der Waals surface area contributed by atoms with Gasteiger partial charge in [-0.1, -0.05) is 4.49 Å². The van der Waals surface area contributed by atoms with Gasteiger partial charge in [0.15, 0.2) is 0 Å². The Kier molecular flexibility index (Phi) is 6.03. The lowest BCUT2D eigenvalue weighted by Gasteiger charge is -2.27. The predicted octanol–water partition coefficient (Wildman–Crippen LogP) is 1.17. The monoisotopic (exact) mass is 340 g/mol. The van der Waals surface area contributed by atoms with Gasteiger partial charge in [0, 0.05) is 25.9 Å². The predicted molar refractivity (Wildman–Crippen MR) is 82.5 cm³/mol. The highest BCUT2D eigenvalue weighted by atomic mass is 32.1. The van der Waals surface area contributed by atoms with Gasteiger partial charge in [-0.3, -0.25) is 19.4 Å². The van der Waals surface area contributed by atoms with Crippen LogP contribution in [0, 0.1) is 6.92 Å². The van der Waals surface area contributed by atoms with Gasteiger partial charge in [-0.05, 0) is 38.2 Å². The number of hydrazine groups is 1. The molecule has 0 unspecified atom stereocenters. The number of ether oxygens (including phenoxy) is 1. The average Bonchev–Trinajstić information content (AvgIpc) is 3.15. The molecule has 0 aromatic carbocycles. The lowest BCUT2D eigenvalue weighted by atomic mass is 10.2. The molecule has 126 valence electrons. The van der Waals surface area contributed by atoms with Crippen LogP contribution in [0.25, 0.3) is 0 Å². The molecule has 9 heteroatoms. The summed E-state index contributed by atoms with van der Waals surface area (Å²) in [6.45, 7) is 4.81. The molecule has 0 atom stereocenters.